The zero-order chi connectivity index (χ0) is 12.0. The van der Waals surface area contributed by atoms with Crippen molar-refractivity contribution in [1.29, 1.82) is 0 Å². The van der Waals surface area contributed by atoms with Crippen molar-refractivity contribution in [2.24, 2.45) is 0 Å². The summed E-state index contributed by atoms with van der Waals surface area (Å²) in [7, 11) is 0. The zero-order valence-electron chi connectivity index (χ0n) is 10.3. The molecule has 0 radical (unpaired) electrons. The quantitative estimate of drug-likeness (QED) is 0.770. The van der Waals surface area contributed by atoms with E-state index < -0.39 is 5.60 Å². The summed E-state index contributed by atoms with van der Waals surface area (Å²) >= 11 is 0. The van der Waals surface area contributed by atoms with Crippen LogP contribution in [-0.4, -0.2) is 27.2 Å². The molecule has 2 atom stereocenters. The van der Waals surface area contributed by atoms with E-state index in [0.29, 0.717) is 6.54 Å². The molecule has 1 heterocycles. The number of hydrogen-bond acceptors (Lipinski definition) is 4. The van der Waals surface area contributed by atoms with E-state index in [1.54, 1.807) is 18.6 Å². The van der Waals surface area contributed by atoms with Crippen molar-refractivity contribution in [1.82, 2.24) is 15.3 Å². The molecule has 2 unspecified atom stereocenters. The Morgan fingerprint density at radius 2 is 2.25 bits per heavy atom. The third kappa shape index (κ3) is 4.24. The number of aromatic nitrogens is 2. The van der Waals surface area contributed by atoms with E-state index in [-0.39, 0.29) is 6.04 Å². The fourth-order valence-corrected chi connectivity index (χ4v) is 1.64. The molecule has 0 saturated carbocycles. The fraction of sp³-hybridized carbons (Fsp3) is 0.667. The van der Waals surface area contributed by atoms with Crippen LogP contribution in [0.4, 0.5) is 0 Å². The molecular formula is C12H21N3O. The SMILES string of the molecule is CCCC(C)(O)CNC(C)c1cnccn1. The summed E-state index contributed by atoms with van der Waals surface area (Å²) in [6.45, 7) is 6.51. The molecule has 0 aliphatic heterocycles. The topological polar surface area (TPSA) is 58.0 Å². The monoisotopic (exact) mass is 223 g/mol. The molecule has 0 aliphatic rings. The van der Waals surface area contributed by atoms with Crippen LogP contribution in [0.2, 0.25) is 0 Å². The predicted octanol–water partition coefficient (Wildman–Crippen LogP) is 1.68. The van der Waals surface area contributed by atoms with Crippen molar-refractivity contribution < 1.29 is 5.11 Å². The summed E-state index contributed by atoms with van der Waals surface area (Å²) < 4.78 is 0. The minimum Gasteiger partial charge on any atom is -0.389 e. The molecule has 0 spiro atoms. The van der Waals surface area contributed by atoms with Gasteiger partial charge in [-0.05, 0) is 20.3 Å². The maximum atomic E-state index is 10.0. The van der Waals surface area contributed by atoms with Gasteiger partial charge < -0.3 is 10.4 Å². The van der Waals surface area contributed by atoms with E-state index in [9.17, 15) is 5.11 Å². The Morgan fingerprint density at radius 3 is 2.81 bits per heavy atom. The Hall–Kier alpha value is -1.00. The van der Waals surface area contributed by atoms with Gasteiger partial charge in [-0.2, -0.15) is 0 Å². The normalized spacial score (nSPS) is 16.8. The minimum absolute atomic E-state index is 0.108. The van der Waals surface area contributed by atoms with E-state index in [4.69, 9.17) is 0 Å². The fourth-order valence-electron chi connectivity index (χ4n) is 1.64. The molecule has 0 bridgehead atoms. The first kappa shape index (κ1) is 13.1. The average Bonchev–Trinajstić information content (AvgIpc) is 2.27. The van der Waals surface area contributed by atoms with Crippen molar-refractivity contribution in [2.45, 2.75) is 45.3 Å². The van der Waals surface area contributed by atoms with Gasteiger partial charge in [0.1, 0.15) is 0 Å². The smallest absolute Gasteiger partial charge is 0.0753 e. The van der Waals surface area contributed by atoms with Gasteiger partial charge in [-0.3, -0.25) is 9.97 Å². The van der Waals surface area contributed by atoms with Gasteiger partial charge >= 0.3 is 0 Å². The molecule has 2 N–H and O–H groups in total. The van der Waals surface area contributed by atoms with Crippen LogP contribution < -0.4 is 5.32 Å². The first-order valence-corrected chi connectivity index (χ1v) is 5.77. The predicted molar refractivity (Wildman–Crippen MR) is 64.0 cm³/mol. The van der Waals surface area contributed by atoms with E-state index >= 15 is 0 Å². The summed E-state index contributed by atoms with van der Waals surface area (Å²) in [5.74, 6) is 0. The van der Waals surface area contributed by atoms with Crippen molar-refractivity contribution in [3.8, 4) is 0 Å². The largest absolute Gasteiger partial charge is 0.389 e. The molecule has 1 aromatic rings. The van der Waals surface area contributed by atoms with E-state index in [1.807, 2.05) is 13.8 Å². The van der Waals surface area contributed by atoms with Crippen LogP contribution in [0.3, 0.4) is 0 Å². The highest BCUT2D eigenvalue weighted by atomic mass is 16.3. The Kier molecular flexibility index (Phi) is 4.83. The zero-order valence-corrected chi connectivity index (χ0v) is 10.3. The van der Waals surface area contributed by atoms with Gasteiger partial charge in [-0.25, -0.2) is 0 Å². The first-order valence-electron chi connectivity index (χ1n) is 5.77. The van der Waals surface area contributed by atoms with Gasteiger partial charge in [0.25, 0.3) is 0 Å². The van der Waals surface area contributed by atoms with Crippen molar-refractivity contribution >= 4 is 0 Å². The summed E-state index contributed by atoms with van der Waals surface area (Å²) in [6.07, 6.45) is 6.86. The van der Waals surface area contributed by atoms with Crippen LogP contribution in [0.5, 0.6) is 0 Å². The van der Waals surface area contributed by atoms with Crippen LogP contribution in [-0.2, 0) is 0 Å². The van der Waals surface area contributed by atoms with E-state index in [2.05, 4.69) is 22.2 Å². The van der Waals surface area contributed by atoms with Crippen LogP contribution in [0, 0.1) is 0 Å². The molecule has 1 aromatic heterocycles. The molecule has 4 heteroatoms. The molecule has 4 nitrogen and oxygen atoms in total. The molecular weight excluding hydrogens is 202 g/mol. The molecule has 0 amide bonds. The molecule has 0 aliphatic carbocycles. The number of nitrogens with one attached hydrogen (secondary N) is 1. The molecule has 0 fully saturated rings. The van der Waals surface area contributed by atoms with E-state index in [1.165, 1.54) is 0 Å². The summed E-state index contributed by atoms with van der Waals surface area (Å²) in [5.41, 5.74) is 0.250. The summed E-state index contributed by atoms with van der Waals surface area (Å²) in [6, 6.07) is 0.108. The number of nitrogens with zero attached hydrogens (tertiary/aromatic N) is 2. The lowest BCUT2D eigenvalue weighted by atomic mass is 10.0. The molecule has 90 valence electrons. The lowest BCUT2D eigenvalue weighted by molar-refractivity contribution is 0.0475. The van der Waals surface area contributed by atoms with Crippen LogP contribution >= 0.6 is 0 Å². The Balaban J connectivity index is 2.44. The second-order valence-electron chi connectivity index (χ2n) is 4.48. The second-order valence-corrected chi connectivity index (χ2v) is 4.48. The minimum atomic E-state index is -0.648. The second kappa shape index (κ2) is 5.92. The average molecular weight is 223 g/mol. The lowest BCUT2D eigenvalue weighted by Crippen LogP contribution is -2.38. The molecule has 16 heavy (non-hydrogen) atoms. The number of aliphatic hydroxyl groups is 1. The molecule has 0 saturated heterocycles. The van der Waals surface area contributed by atoms with E-state index in [0.717, 1.165) is 18.5 Å². The number of hydrogen-bond donors (Lipinski definition) is 2. The van der Waals surface area contributed by atoms with Gasteiger partial charge in [0.05, 0.1) is 11.3 Å². The Morgan fingerprint density at radius 1 is 1.50 bits per heavy atom. The van der Waals surface area contributed by atoms with Gasteiger partial charge in [-0.15, -0.1) is 0 Å². The van der Waals surface area contributed by atoms with Crippen LogP contribution in [0.15, 0.2) is 18.6 Å². The maximum Gasteiger partial charge on any atom is 0.0753 e. The van der Waals surface area contributed by atoms with Crippen LogP contribution in [0.1, 0.15) is 45.3 Å². The highest BCUT2D eigenvalue weighted by Gasteiger charge is 2.20. The van der Waals surface area contributed by atoms with Gasteiger partial charge in [0.2, 0.25) is 0 Å². The van der Waals surface area contributed by atoms with Gasteiger partial charge in [-0.1, -0.05) is 13.3 Å². The van der Waals surface area contributed by atoms with Gasteiger partial charge in [0, 0.05) is 31.2 Å². The van der Waals surface area contributed by atoms with Crippen molar-refractivity contribution in [3.05, 3.63) is 24.3 Å². The first-order chi connectivity index (χ1) is 7.55. The third-order valence-corrected chi connectivity index (χ3v) is 2.60. The summed E-state index contributed by atoms with van der Waals surface area (Å²) in [5, 5.41) is 13.3. The standard InChI is InChI=1S/C12H21N3O/c1-4-5-12(3,16)9-15-10(2)11-8-13-6-7-14-11/h6-8,10,15-16H,4-5,9H2,1-3H3. The number of rotatable bonds is 6. The lowest BCUT2D eigenvalue weighted by Gasteiger charge is -2.25. The highest BCUT2D eigenvalue weighted by Crippen LogP contribution is 2.13. The van der Waals surface area contributed by atoms with Crippen LogP contribution in [0.25, 0.3) is 0 Å². The van der Waals surface area contributed by atoms with Gasteiger partial charge in [0.15, 0.2) is 0 Å². The highest BCUT2D eigenvalue weighted by molar-refractivity contribution is 5.00. The molecule has 0 aromatic carbocycles. The summed E-state index contributed by atoms with van der Waals surface area (Å²) in [4.78, 5) is 8.24. The van der Waals surface area contributed by atoms with Crippen molar-refractivity contribution in [3.63, 3.8) is 0 Å². The van der Waals surface area contributed by atoms with Crippen molar-refractivity contribution in [2.75, 3.05) is 6.54 Å². The Bertz CT molecular complexity index is 300. The Labute approximate surface area is 97.1 Å². The molecule has 1 rings (SSSR count). The third-order valence-electron chi connectivity index (χ3n) is 2.60. The maximum absolute atomic E-state index is 10.0.